The maximum atomic E-state index is 11.0. The van der Waals surface area contributed by atoms with Crippen LogP contribution in [-0.4, -0.2) is 27.0 Å². The molecule has 98 valence electrons. The molecule has 0 fully saturated rings. The number of anilines is 1. The number of carboxylic acid groups (broad SMARTS) is 1. The second-order valence-corrected chi connectivity index (χ2v) is 3.91. The first-order chi connectivity index (χ1) is 8.47. The highest BCUT2D eigenvalue weighted by atomic mass is 16.6. The van der Waals surface area contributed by atoms with Gasteiger partial charge in [0, 0.05) is 11.8 Å². The van der Waals surface area contributed by atoms with E-state index in [1.165, 1.54) is 12.3 Å². The highest BCUT2D eigenvalue weighted by Gasteiger charge is 2.23. The molecule has 1 atom stereocenters. The second kappa shape index (κ2) is 5.95. The van der Waals surface area contributed by atoms with E-state index in [1.807, 2.05) is 6.92 Å². The average Bonchev–Trinajstić information content (AvgIpc) is 2.27. The second-order valence-electron chi connectivity index (χ2n) is 3.91. The van der Waals surface area contributed by atoms with Gasteiger partial charge in [0.15, 0.2) is 0 Å². The van der Waals surface area contributed by atoms with Crippen LogP contribution in [0.4, 0.5) is 11.5 Å². The SMILES string of the molecule is CCCC(Nc1nccc(C)c1[N+](=O)[O-])C(=O)O. The summed E-state index contributed by atoms with van der Waals surface area (Å²) in [6.45, 7) is 3.43. The van der Waals surface area contributed by atoms with Gasteiger partial charge in [-0.25, -0.2) is 9.78 Å². The van der Waals surface area contributed by atoms with Crippen LogP contribution < -0.4 is 5.32 Å². The lowest BCUT2D eigenvalue weighted by atomic mass is 10.1. The van der Waals surface area contributed by atoms with E-state index in [0.717, 1.165) is 0 Å². The minimum atomic E-state index is -1.05. The van der Waals surface area contributed by atoms with Gasteiger partial charge in [0.05, 0.1) is 4.92 Å². The summed E-state index contributed by atoms with van der Waals surface area (Å²) in [7, 11) is 0. The van der Waals surface area contributed by atoms with Crippen molar-refractivity contribution in [3.63, 3.8) is 0 Å². The molecule has 0 spiro atoms. The van der Waals surface area contributed by atoms with E-state index >= 15 is 0 Å². The summed E-state index contributed by atoms with van der Waals surface area (Å²) in [6.07, 6.45) is 2.45. The van der Waals surface area contributed by atoms with Gasteiger partial charge in [0.25, 0.3) is 0 Å². The third-order valence-electron chi connectivity index (χ3n) is 2.49. The lowest BCUT2D eigenvalue weighted by Crippen LogP contribution is -2.29. The van der Waals surface area contributed by atoms with Crippen LogP contribution in [0, 0.1) is 17.0 Å². The van der Waals surface area contributed by atoms with Crippen molar-refractivity contribution in [2.24, 2.45) is 0 Å². The van der Waals surface area contributed by atoms with Crippen LogP contribution in [0.5, 0.6) is 0 Å². The topological polar surface area (TPSA) is 105 Å². The number of aryl methyl sites for hydroxylation is 1. The van der Waals surface area contributed by atoms with Gasteiger partial charge in [0.1, 0.15) is 6.04 Å². The van der Waals surface area contributed by atoms with Crippen LogP contribution in [0.3, 0.4) is 0 Å². The van der Waals surface area contributed by atoms with Crippen molar-refractivity contribution < 1.29 is 14.8 Å². The molecule has 7 nitrogen and oxygen atoms in total. The highest BCUT2D eigenvalue weighted by molar-refractivity contribution is 5.78. The van der Waals surface area contributed by atoms with Crippen molar-refractivity contribution >= 4 is 17.5 Å². The van der Waals surface area contributed by atoms with Crippen molar-refractivity contribution in [3.05, 3.63) is 27.9 Å². The Morgan fingerprint density at radius 1 is 1.67 bits per heavy atom. The largest absolute Gasteiger partial charge is 0.480 e. The van der Waals surface area contributed by atoms with E-state index in [2.05, 4.69) is 10.3 Å². The molecular formula is C11H15N3O4. The van der Waals surface area contributed by atoms with Gasteiger partial charge in [-0.1, -0.05) is 13.3 Å². The fraction of sp³-hybridized carbons (Fsp3) is 0.455. The zero-order valence-corrected chi connectivity index (χ0v) is 10.2. The Balaban J connectivity index is 3.06. The molecule has 0 aliphatic heterocycles. The molecule has 1 aromatic rings. The number of nitrogens with zero attached hydrogens (tertiary/aromatic N) is 2. The number of aromatic nitrogens is 1. The number of rotatable bonds is 6. The highest BCUT2D eigenvalue weighted by Crippen LogP contribution is 2.26. The quantitative estimate of drug-likeness (QED) is 0.593. The van der Waals surface area contributed by atoms with Gasteiger partial charge in [-0.05, 0) is 19.4 Å². The minimum absolute atomic E-state index is 0.000787. The van der Waals surface area contributed by atoms with Crippen LogP contribution in [0.15, 0.2) is 12.3 Å². The number of pyridine rings is 1. The van der Waals surface area contributed by atoms with E-state index in [-0.39, 0.29) is 11.5 Å². The van der Waals surface area contributed by atoms with Crippen LogP contribution in [0.1, 0.15) is 25.3 Å². The van der Waals surface area contributed by atoms with Crippen molar-refractivity contribution in [2.45, 2.75) is 32.7 Å². The van der Waals surface area contributed by atoms with Crippen molar-refractivity contribution in [2.75, 3.05) is 5.32 Å². The molecule has 0 saturated heterocycles. The maximum Gasteiger partial charge on any atom is 0.326 e. The Morgan fingerprint density at radius 3 is 2.83 bits per heavy atom. The summed E-state index contributed by atoms with van der Waals surface area (Å²) >= 11 is 0. The number of aliphatic carboxylic acids is 1. The molecule has 0 radical (unpaired) electrons. The predicted molar refractivity (Wildman–Crippen MR) is 65.6 cm³/mol. The first-order valence-electron chi connectivity index (χ1n) is 5.56. The molecule has 0 amide bonds. The fourth-order valence-corrected chi connectivity index (χ4v) is 1.60. The minimum Gasteiger partial charge on any atom is -0.480 e. The van der Waals surface area contributed by atoms with Gasteiger partial charge in [-0.15, -0.1) is 0 Å². The number of nitro groups is 1. The van der Waals surface area contributed by atoms with E-state index in [9.17, 15) is 14.9 Å². The average molecular weight is 253 g/mol. The third-order valence-corrected chi connectivity index (χ3v) is 2.49. The molecule has 7 heteroatoms. The van der Waals surface area contributed by atoms with Gasteiger partial charge < -0.3 is 10.4 Å². The lowest BCUT2D eigenvalue weighted by Gasteiger charge is -2.14. The summed E-state index contributed by atoms with van der Waals surface area (Å²) < 4.78 is 0. The smallest absolute Gasteiger partial charge is 0.326 e. The summed E-state index contributed by atoms with van der Waals surface area (Å²) in [6, 6.07) is 0.641. The molecule has 1 rings (SSSR count). The molecule has 0 bridgehead atoms. The third kappa shape index (κ3) is 3.16. The molecule has 0 aliphatic rings. The van der Waals surface area contributed by atoms with Gasteiger partial charge in [-0.3, -0.25) is 10.1 Å². The number of nitrogens with one attached hydrogen (secondary N) is 1. The number of carbonyl (C=O) groups is 1. The molecule has 2 N–H and O–H groups in total. The van der Waals surface area contributed by atoms with Crippen molar-refractivity contribution in [1.82, 2.24) is 4.98 Å². The van der Waals surface area contributed by atoms with Gasteiger partial charge in [-0.2, -0.15) is 0 Å². The Kier molecular flexibility index (Phi) is 4.59. The zero-order chi connectivity index (χ0) is 13.7. The molecule has 1 heterocycles. The molecule has 0 aliphatic carbocycles. The molecule has 1 unspecified atom stereocenters. The van der Waals surface area contributed by atoms with Crippen molar-refractivity contribution in [3.8, 4) is 0 Å². The fourth-order valence-electron chi connectivity index (χ4n) is 1.60. The summed E-state index contributed by atoms with van der Waals surface area (Å²) in [5.41, 5.74) is 0.262. The normalized spacial score (nSPS) is 11.9. The van der Waals surface area contributed by atoms with Gasteiger partial charge in [0.2, 0.25) is 5.82 Å². The first-order valence-corrected chi connectivity index (χ1v) is 5.56. The molecule has 0 aromatic carbocycles. The number of hydrogen-bond acceptors (Lipinski definition) is 5. The Hall–Kier alpha value is -2.18. The molecular weight excluding hydrogens is 238 g/mol. The number of carboxylic acids is 1. The standard InChI is InChI=1S/C11H15N3O4/c1-3-4-8(11(15)16)13-10-9(14(17)18)7(2)5-6-12-10/h5-6,8H,3-4H2,1-2H3,(H,12,13)(H,15,16). The van der Waals surface area contributed by atoms with Crippen LogP contribution in [-0.2, 0) is 4.79 Å². The van der Waals surface area contributed by atoms with E-state index in [4.69, 9.17) is 5.11 Å². The number of hydrogen-bond donors (Lipinski definition) is 2. The monoisotopic (exact) mass is 253 g/mol. The van der Waals surface area contributed by atoms with E-state index in [1.54, 1.807) is 6.92 Å². The van der Waals surface area contributed by atoms with Crippen LogP contribution in [0.2, 0.25) is 0 Å². The molecule has 18 heavy (non-hydrogen) atoms. The van der Waals surface area contributed by atoms with Crippen molar-refractivity contribution in [1.29, 1.82) is 0 Å². The molecule has 0 saturated carbocycles. The molecule has 1 aromatic heterocycles. The van der Waals surface area contributed by atoms with Gasteiger partial charge >= 0.3 is 11.7 Å². The van der Waals surface area contributed by atoms with E-state index in [0.29, 0.717) is 18.4 Å². The summed E-state index contributed by atoms with van der Waals surface area (Å²) in [5.74, 6) is -1.05. The Bertz CT molecular complexity index is 462. The first kappa shape index (κ1) is 13.9. The predicted octanol–water partition coefficient (Wildman–Crippen LogP) is 1.96. The lowest BCUT2D eigenvalue weighted by molar-refractivity contribution is -0.384. The van der Waals surface area contributed by atoms with Crippen LogP contribution in [0.25, 0.3) is 0 Å². The Morgan fingerprint density at radius 2 is 2.33 bits per heavy atom. The van der Waals surface area contributed by atoms with Crippen LogP contribution >= 0.6 is 0 Å². The summed E-state index contributed by atoms with van der Waals surface area (Å²) in [4.78, 5) is 25.2. The maximum absolute atomic E-state index is 11.0. The zero-order valence-electron chi connectivity index (χ0n) is 10.2. The summed E-state index contributed by atoms with van der Waals surface area (Å²) in [5, 5.41) is 22.6. The Labute approximate surface area is 104 Å². The van der Waals surface area contributed by atoms with E-state index < -0.39 is 16.9 Å².